The molecule has 66 heavy (non-hydrogen) atoms. The first-order valence-electron chi connectivity index (χ1n) is 23.2. The molecule has 0 saturated heterocycles. The lowest BCUT2D eigenvalue weighted by molar-refractivity contribution is -0.158. The highest BCUT2D eigenvalue weighted by atomic mass is 32.1. The number of phenols is 1. The summed E-state index contributed by atoms with van der Waals surface area (Å²) >= 11 is 1.17. The zero-order chi connectivity index (χ0) is 49.4. The first kappa shape index (κ1) is 58.7. The molecule has 15 nitrogen and oxygen atoms in total. The molecule has 0 fully saturated rings. The molecule has 0 spiro atoms. The Bertz CT molecular complexity index is 1840. The number of thiazole rings is 1. The SMILES string of the molecule is CCCC.CCCCN(C)CC(=O)NCC(=O)N(COC(=O)CCC)C(CC(OC(C)=O)c1nc(C(=O)NC(Cc2ccc(O)cc2)CC(C)C)cs1)C(C)C.O=COCc1ccccc1. The molecule has 3 unspecified atom stereocenters. The summed E-state index contributed by atoms with van der Waals surface area (Å²) in [5.74, 6) is -1.87. The van der Waals surface area contributed by atoms with Crippen LogP contribution in [0.1, 0.15) is 146 Å². The number of nitrogens with one attached hydrogen (secondary N) is 2. The number of benzene rings is 2. The minimum Gasteiger partial charge on any atom is -0.508 e. The van der Waals surface area contributed by atoms with E-state index in [1.165, 1.54) is 36.0 Å². The van der Waals surface area contributed by atoms with Gasteiger partial charge in [0.2, 0.25) is 11.8 Å². The number of aromatic hydroxyl groups is 1. The molecule has 3 rings (SSSR count). The summed E-state index contributed by atoms with van der Waals surface area (Å²) in [5.41, 5.74) is 2.15. The fourth-order valence-electron chi connectivity index (χ4n) is 6.42. The van der Waals surface area contributed by atoms with Crippen LogP contribution in [0.2, 0.25) is 0 Å². The van der Waals surface area contributed by atoms with Gasteiger partial charge < -0.3 is 34.9 Å². The largest absolute Gasteiger partial charge is 0.508 e. The Morgan fingerprint density at radius 2 is 1.55 bits per heavy atom. The zero-order valence-electron chi connectivity index (χ0n) is 41.0. The van der Waals surface area contributed by atoms with Crippen LogP contribution in [0.15, 0.2) is 60.0 Å². The van der Waals surface area contributed by atoms with Crippen molar-refractivity contribution in [1.82, 2.24) is 25.4 Å². The highest BCUT2D eigenvalue weighted by molar-refractivity contribution is 7.09. The molecule has 3 amide bonds. The van der Waals surface area contributed by atoms with Crippen LogP contribution in [0.5, 0.6) is 5.75 Å². The smallest absolute Gasteiger partial charge is 0.307 e. The second-order valence-electron chi connectivity index (χ2n) is 16.9. The van der Waals surface area contributed by atoms with E-state index in [1.54, 1.807) is 17.5 Å². The van der Waals surface area contributed by atoms with Crippen LogP contribution in [0.3, 0.4) is 0 Å². The van der Waals surface area contributed by atoms with E-state index in [9.17, 15) is 33.9 Å². The number of amides is 3. The van der Waals surface area contributed by atoms with Crippen molar-refractivity contribution in [3.8, 4) is 5.75 Å². The van der Waals surface area contributed by atoms with E-state index in [0.29, 0.717) is 36.8 Å². The lowest BCUT2D eigenvalue weighted by Crippen LogP contribution is -2.50. The predicted octanol–water partition coefficient (Wildman–Crippen LogP) is 8.40. The number of phenolic OH excluding ortho intramolecular Hbond substituents is 1. The number of aromatic nitrogens is 1. The molecule has 0 saturated carbocycles. The van der Waals surface area contributed by atoms with Crippen molar-refractivity contribution < 1.29 is 48.1 Å². The molecule has 0 bridgehead atoms. The second kappa shape index (κ2) is 34.0. The first-order valence-corrected chi connectivity index (χ1v) is 24.1. The van der Waals surface area contributed by atoms with Gasteiger partial charge in [0.15, 0.2) is 12.8 Å². The fourth-order valence-corrected chi connectivity index (χ4v) is 7.25. The Hall–Kier alpha value is -5.35. The number of nitrogens with zero attached hydrogens (tertiary/aromatic N) is 3. The summed E-state index contributed by atoms with van der Waals surface area (Å²) in [6, 6.07) is 15.6. The van der Waals surface area contributed by atoms with Gasteiger partial charge in [-0.2, -0.15) is 0 Å². The number of ether oxygens (including phenoxy) is 3. The molecular weight excluding hydrogens is 863 g/mol. The highest BCUT2D eigenvalue weighted by Gasteiger charge is 2.33. The van der Waals surface area contributed by atoms with E-state index in [2.05, 4.69) is 55.0 Å². The van der Waals surface area contributed by atoms with E-state index in [0.717, 1.165) is 36.9 Å². The highest BCUT2D eigenvalue weighted by Crippen LogP contribution is 2.31. The Balaban J connectivity index is 0.00000132. The topological polar surface area (TPSA) is 194 Å². The molecule has 3 aromatic rings. The van der Waals surface area contributed by atoms with Gasteiger partial charge in [0, 0.05) is 37.2 Å². The Morgan fingerprint density at radius 1 is 0.879 bits per heavy atom. The molecule has 0 aliphatic carbocycles. The Morgan fingerprint density at radius 3 is 2.11 bits per heavy atom. The Kier molecular flexibility index (Phi) is 30.2. The van der Waals surface area contributed by atoms with Crippen molar-refractivity contribution in [3.05, 3.63) is 81.8 Å². The molecule has 1 aromatic heterocycles. The van der Waals surface area contributed by atoms with Crippen LogP contribution in [-0.4, -0.2) is 102 Å². The molecule has 0 radical (unpaired) electrons. The lowest BCUT2D eigenvalue weighted by atomic mass is 9.96. The van der Waals surface area contributed by atoms with Crippen molar-refractivity contribution >= 4 is 47.5 Å². The van der Waals surface area contributed by atoms with Crippen LogP contribution in [0, 0.1) is 11.8 Å². The molecule has 368 valence electrons. The van der Waals surface area contributed by atoms with Crippen LogP contribution in [-0.2, 0) is 51.2 Å². The zero-order valence-corrected chi connectivity index (χ0v) is 41.8. The monoisotopic (exact) mass is 940 g/mol. The number of esters is 2. The van der Waals surface area contributed by atoms with Gasteiger partial charge >= 0.3 is 11.9 Å². The van der Waals surface area contributed by atoms with E-state index in [4.69, 9.17) is 9.47 Å². The van der Waals surface area contributed by atoms with Crippen molar-refractivity contribution in [2.75, 3.05) is 33.4 Å². The molecule has 3 atom stereocenters. The summed E-state index contributed by atoms with van der Waals surface area (Å²) < 4.78 is 15.8. The van der Waals surface area contributed by atoms with Gasteiger partial charge in [0.05, 0.1) is 13.1 Å². The van der Waals surface area contributed by atoms with E-state index >= 15 is 0 Å². The number of hydrogen-bond donors (Lipinski definition) is 3. The maximum Gasteiger partial charge on any atom is 0.307 e. The summed E-state index contributed by atoms with van der Waals surface area (Å²) in [7, 11) is 1.84. The minimum atomic E-state index is -0.914. The van der Waals surface area contributed by atoms with Crippen molar-refractivity contribution in [3.63, 3.8) is 0 Å². The minimum absolute atomic E-state index is 0.105. The van der Waals surface area contributed by atoms with Gasteiger partial charge in [-0.3, -0.25) is 33.7 Å². The predicted molar refractivity (Wildman–Crippen MR) is 258 cm³/mol. The summed E-state index contributed by atoms with van der Waals surface area (Å²) in [4.78, 5) is 82.2. The lowest BCUT2D eigenvalue weighted by Gasteiger charge is -2.35. The van der Waals surface area contributed by atoms with Crippen LogP contribution in [0.25, 0.3) is 0 Å². The average molecular weight is 940 g/mol. The molecule has 3 N–H and O–H groups in total. The third kappa shape index (κ3) is 25.4. The van der Waals surface area contributed by atoms with Crippen LogP contribution >= 0.6 is 11.3 Å². The molecule has 16 heteroatoms. The number of unbranched alkanes of at least 4 members (excludes halogenated alkanes) is 2. The molecule has 1 heterocycles. The number of carbonyl (C=O) groups is 6. The third-order valence-electron chi connectivity index (χ3n) is 10.0. The number of rotatable bonds is 27. The van der Waals surface area contributed by atoms with Gasteiger partial charge in [-0.1, -0.05) is 117 Å². The van der Waals surface area contributed by atoms with E-state index in [1.807, 2.05) is 75.2 Å². The van der Waals surface area contributed by atoms with Crippen molar-refractivity contribution in [1.29, 1.82) is 0 Å². The van der Waals surface area contributed by atoms with Crippen molar-refractivity contribution in [2.24, 2.45) is 11.8 Å². The van der Waals surface area contributed by atoms with Gasteiger partial charge in [0.1, 0.15) is 23.1 Å². The summed E-state index contributed by atoms with van der Waals surface area (Å²) in [5, 5.41) is 17.4. The fraction of sp³-hybridized carbons (Fsp3) is 0.580. The van der Waals surface area contributed by atoms with E-state index in [-0.39, 0.29) is 67.9 Å². The molecule has 2 aromatic carbocycles. The van der Waals surface area contributed by atoms with Gasteiger partial charge in [-0.25, -0.2) is 4.98 Å². The maximum atomic E-state index is 13.7. The normalized spacial score (nSPS) is 12.1. The standard InChI is InChI=1S/C38H59N5O8S.C8H8O2.C4H10/c1-9-11-17-42(8)22-34(46)39-21-35(47)43(24-50-36(48)12-10-2)32(26(5)6)20-33(51-27(7)44)38-41-31(23-52-38)37(49)40-29(18-25(3)4)19-28-13-15-30(45)16-14-28;9-7-10-6-8-4-2-1-3-5-8;1-3-4-2/h13-16,23,25-26,29,32-33,45H,9-12,17-22,24H2,1-8H3,(H,39,46)(H,40,49);1-5,7H,6H2;3-4H2,1-2H3. The summed E-state index contributed by atoms with van der Waals surface area (Å²) in [6.45, 7) is 18.6. The van der Waals surface area contributed by atoms with Gasteiger partial charge in [0.25, 0.3) is 12.4 Å². The van der Waals surface area contributed by atoms with E-state index < -0.39 is 30.0 Å². The number of likely N-dealkylation sites (N-methyl/N-ethyl adjacent to an activating group) is 1. The average Bonchev–Trinajstić information content (AvgIpc) is 3.78. The number of hydrogen-bond acceptors (Lipinski definition) is 13. The summed E-state index contributed by atoms with van der Waals surface area (Å²) in [6.07, 6.45) is 5.82. The second-order valence-corrected chi connectivity index (χ2v) is 17.8. The maximum absolute atomic E-state index is 13.7. The first-order chi connectivity index (χ1) is 31.5. The van der Waals surface area contributed by atoms with Crippen LogP contribution < -0.4 is 10.6 Å². The molecule has 0 aliphatic rings. The van der Waals surface area contributed by atoms with Crippen molar-refractivity contribution in [2.45, 2.75) is 145 Å². The van der Waals surface area contributed by atoms with Gasteiger partial charge in [-0.05, 0) is 74.4 Å². The van der Waals surface area contributed by atoms with Gasteiger partial charge in [-0.15, -0.1) is 11.3 Å². The quantitative estimate of drug-likeness (QED) is 0.0287. The molecule has 0 aliphatic heterocycles. The molecular formula is C50H77N5O10S. The Labute approximate surface area is 397 Å². The number of carbonyl (C=O) groups excluding carboxylic acids is 6. The van der Waals surface area contributed by atoms with Crippen LogP contribution in [0.4, 0.5) is 0 Å². The third-order valence-corrected chi connectivity index (χ3v) is 11.0.